The zero-order chi connectivity index (χ0) is 27.2. The van der Waals surface area contributed by atoms with E-state index >= 15 is 0 Å². The molecule has 7 nitrogen and oxygen atoms in total. The number of hydrogen-bond acceptors (Lipinski definition) is 4. The number of likely N-dealkylation sites (tertiary alicyclic amines) is 1. The fraction of sp³-hybridized carbons (Fsp3) is 0.344. The van der Waals surface area contributed by atoms with E-state index in [1.165, 1.54) is 0 Å². The van der Waals surface area contributed by atoms with Crippen LogP contribution in [0.2, 0.25) is 0 Å². The Kier molecular flexibility index (Phi) is 6.06. The van der Waals surface area contributed by atoms with E-state index in [-0.39, 0.29) is 17.6 Å². The van der Waals surface area contributed by atoms with Gasteiger partial charge < -0.3 is 14.7 Å². The number of carbonyl (C=O) groups excluding carboxylic acids is 1. The minimum atomic E-state index is -0.478. The normalized spacial score (nSPS) is 19.3. The number of carbonyl (C=O) groups is 1. The minimum Gasteiger partial charge on any atom is -0.447 e. The van der Waals surface area contributed by atoms with Gasteiger partial charge in [-0.2, -0.15) is 0 Å². The highest BCUT2D eigenvalue weighted by molar-refractivity contribution is 5.78. The molecule has 4 aromatic rings. The van der Waals surface area contributed by atoms with Gasteiger partial charge in [0.15, 0.2) is 0 Å². The Labute approximate surface area is 228 Å². The van der Waals surface area contributed by atoms with Gasteiger partial charge in [0, 0.05) is 17.7 Å². The third-order valence-electron chi connectivity index (χ3n) is 8.03. The van der Waals surface area contributed by atoms with Gasteiger partial charge in [0.1, 0.15) is 17.2 Å². The first-order chi connectivity index (χ1) is 18.8. The van der Waals surface area contributed by atoms with Crippen molar-refractivity contribution in [2.75, 3.05) is 6.54 Å². The molecule has 1 aliphatic heterocycles. The Morgan fingerprint density at radius 1 is 1.15 bits per heavy atom. The molecule has 1 amide bonds. The van der Waals surface area contributed by atoms with E-state index in [9.17, 15) is 4.79 Å². The second-order valence-corrected chi connectivity index (χ2v) is 11.1. The molecule has 3 heterocycles. The third kappa shape index (κ3) is 4.61. The van der Waals surface area contributed by atoms with Crippen molar-refractivity contribution in [1.82, 2.24) is 24.8 Å². The topological polar surface area (TPSA) is 86.9 Å². The maximum atomic E-state index is 13.1. The van der Waals surface area contributed by atoms with Crippen LogP contribution in [0.1, 0.15) is 69.2 Å². The second-order valence-electron chi connectivity index (χ2n) is 11.1. The fourth-order valence-corrected chi connectivity index (χ4v) is 5.76. The number of imidazole rings is 2. The Morgan fingerprint density at radius 3 is 2.59 bits per heavy atom. The number of nitrogens with one attached hydrogen (secondary N) is 2. The van der Waals surface area contributed by atoms with Gasteiger partial charge in [-0.15, -0.1) is 0 Å². The fourth-order valence-electron chi connectivity index (χ4n) is 5.76. The van der Waals surface area contributed by atoms with E-state index in [0.29, 0.717) is 0 Å². The van der Waals surface area contributed by atoms with Gasteiger partial charge in [0.2, 0.25) is 0 Å². The lowest BCUT2D eigenvalue weighted by atomic mass is 9.87. The number of amides is 1. The number of aromatic nitrogens is 4. The second kappa shape index (κ2) is 9.46. The molecule has 2 N–H and O–H groups in total. The monoisotopic (exact) mass is 519 g/mol. The summed E-state index contributed by atoms with van der Waals surface area (Å²) in [5.74, 6) is 8.08. The molecule has 0 bridgehead atoms. The number of hydrogen-bond donors (Lipinski definition) is 2. The van der Waals surface area contributed by atoms with Gasteiger partial charge in [0.05, 0.1) is 29.0 Å². The van der Waals surface area contributed by atoms with Gasteiger partial charge in [0.25, 0.3) is 0 Å². The minimum absolute atomic E-state index is 0.157. The van der Waals surface area contributed by atoms with Gasteiger partial charge in [-0.1, -0.05) is 37.5 Å². The molecule has 1 unspecified atom stereocenters. The van der Waals surface area contributed by atoms with Gasteiger partial charge in [-0.25, -0.2) is 14.8 Å². The number of fused-ring (bicyclic) bond motifs is 1. The van der Waals surface area contributed by atoms with Crippen LogP contribution in [0.25, 0.3) is 28.4 Å². The SMILES string of the molecule is C=Cc1nc2ccc(C#Cc3ccc(-c4cnc(C5(CC)CC6(CC6)CN5C(=O)OC(C)C)[nH]4)cc3)cc2[nH]1. The van der Waals surface area contributed by atoms with Crippen molar-refractivity contribution < 1.29 is 9.53 Å². The van der Waals surface area contributed by atoms with E-state index in [1.54, 1.807) is 6.08 Å². The van der Waals surface area contributed by atoms with Crippen molar-refractivity contribution in [1.29, 1.82) is 0 Å². The number of aromatic amines is 2. The Hall–Kier alpha value is -4.31. The summed E-state index contributed by atoms with van der Waals surface area (Å²) in [5.41, 5.74) is 5.36. The quantitative estimate of drug-likeness (QED) is 0.290. The molecule has 2 aromatic heterocycles. The van der Waals surface area contributed by atoms with Crippen LogP contribution in [0.4, 0.5) is 4.79 Å². The number of benzene rings is 2. The van der Waals surface area contributed by atoms with Crippen molar-refractivity contribution in [3.8, 4) is 23.1 Å². The van der Waals surface area contributed by atoms with Crippen molar-refractivity contribution in [2.45, 2.75) is 58.1 Å². The summed E-state index contributed by atoms with van der Waals surface area (Å²) in [5, 5.41) is 0. The molecule has 1 aliphatic carbocycles. The zero-order valence-corrected chi connectivity index (χ0v) is 22.7. The zero-order valence-electron chi connectivity index (χ0n) is 22.7. The van der Waals surface area contributed by atoms with E-state index in [0.717, 1.165) is 77.3 Å². The summed E-state index contributed by atoms with van der Waals surface area (Å²) in [7, 11) is 0. The summed E-state index contributed by atoms with van der Waals surface area (Å²) in [6.07, 6.45) is 7.18. The Morgan fingerprint density at radius 2 is 1.90 bits per heavy atom. The number of rotatable bonds is 5. The van der Waals surface area contributed by atoms with E-state index in [2.05, 4.69) is 52.4 Å². The molecule has 39 heavy (non-hydrogen) atoms. The summed E-state index contributed by atoms with van der Waals surface area (Å²) < 4.78 is 5.64. The number of nitrogens with zero attached hydrogens (tertiary/aromatic N) is 3. The van der Waals surface area contributed by atoms with Crippen molar-refractivity contribution in [3.05, 3.63) is 78.0 Å². The average Bonchev–Trinajstić information content (AvgIpc) is 3.28. The summed E-state index contributed by atoms with van der Waals surface area (Å²) in [4.78, 5) is 31.1. The van der Waals surface area contributed by atoms with Crippen LogP contribution in [0.5, 0.6) is 0 Å². The highest BCUT2D eigenvalue weighted by Crippen LogP contribution is 2.61. The predicted octanol–water partition coefficient (Wildman–Crippen LogP) is 6.63. The van der Waals surface area contributed by atoms with E-state index in [4.69, 9.17) is 9.72 Å². The van der Waals surface area contributed by atoms with E-state index in [1.807, 2.05) is 55.3 Å². The van der Waals surface area contributed by atoms with Crippen LogP contribution >= 0.6 is 0 Å². The van der Waals surface area contributed by atoms with Gasteiger partial charge >= 0.3 is 6.09 Å². The van der Waals surface area contributed by atoms with Crippen LogP contribution in [0.3, 0.4) is 0 Å². The Balaban J connectivity index is 1.23. The highest BCUT2D eigenvalue weighted by atomic mass is 16.6. The molecule has 1 saturated heterocycles. The van der Waals surface area contributed by atoms with Crippen LogP contribution < -0.4 is 0 Å². The average molecular weight is 520 g/mol. The Bertz CT molecular complexity index is 1610. The summed E-state index contributed by atoms with van der Waals surface area (Å²) in [6.45, 7) is 10.4. The first kappa shape index (κ1) is 25.0. The van der Waals surface area contributed by atoms with Crippen molar-refractivity contribution in [3.63, 3.8) is 0 Å². The highest BCUT2D eigenvalue weighted by Gasteiger charge is 2.61. The first-order valence-corrected chi connectivity index (χ1v) is 13.6. The molecule has 7 heteroatoms. The standard InChI is InChI=1S/C32H33N5O2/c1-5-28-34-25-14-11-23(17-26(25)35-28)8-7-22-9-12-24(13-10-22)27-18-33-29(36-27)32(6-2)19-31(15-16-31)20-37(32)30(38)39-21(3)4/h5,9-14,17-18,21H,1,6,15-16,19-20H2,2-4H3,(H,33,36)(H,34,35). The van der Waals surface area contributed by atoms with Gasteiger partial charge in [-0.3, -0.25) is 4.90 Å². The van der Waals surface area contributed by atoms with E-state index < -0.39 is 5.54 Å². The lowest BCUT2D eigenvalue weighted by Crippen LogP contribution is -2.46. The van der Waals surface area contributed by atoms with Crippen LogP contribution in [-0.4, -0.2) is 43.6 Å². The van der Waals surface area contributed by atoms with Crippen LogP contribution in [-0.2, 0) is 10.3 Å². The molecule has 198 valence electrons. The number of H-pyrrole nitrogens is 2. The van der Waals surface area contributed by atoms with Crippen molar-refractivity contribution >= 4 is 23.2 Å². The first-order valence-electron chi connectivity index (χ1n) is 13.6. The molecule has 0 radical (unpaired) electrons. The van der Waals surface area contributed by atoms with Crippen LogP contribution in [0.15, 0.2) is 55.2 Å². The molecular formula is C32H33N5O2. The maximum Gasteiger partial charge on any atom is 0.410 e. The molecule has 2 fully saturated rings. The molecule has 2 aromatic carbocycles. The molecule has 1 saturated carbocycles. The largest absolute Gasteiger partial charge is 0.447 e. The summed E-state index contributed by atoms with van der Waals surface area (Å²) >= 11 is 0. The summed E-state index contributed by atoms with van der Waals surface area (Å²) in [6, 6.07) is 14.1. The van der Waals surface area contributed by atoms with Crippen LogP contribution in [0, 0.1) is 17.3 Å². The molecule has 1 atom stereocenters. The maximum absolute atomic E-state index is 13.1. The molecule has 2 aliphatic rings. The van der Waals surface area contributed by atoms with Crippen molar-refractivity contribution in [2.24, 2.45) is 5.41 Å². The molecule has 1 spiro atoms. The molecular weight excluding hydrogens is 486 g/mol. The van der Waals surface area contributed by atoms with Gasteiger partial charge in [-0.05, 0) is 86.9 Å². The third-order valence-corrected chi connectivity index (χ3v) is 8.03. The number of ether oxygens (including phenoxy) is 1. The smallest absolute Gasteiger partial charge is 0.410 e. The lowest BCUT2D eigenvalue weighted by molar-refractivity contribution is 0.0446. The molecule has 6 rings (SSSR count). The lowest BCUT2D eigenvalue weighted by Gasteiger charge is -2.35. The predicted molar refractivity (Wildman–Crippen MR) is 153 cm³/mol.